The molecule has 1 fully saturated rings. The van der Waals surface area contributed by atoms with Crippen molar-refractivity contribution in [1.82, 2.24) is 0 Å². The predicted molar refractivity (Wildman–Crippen MR) is 60.6 cm³/mol. The molecule has 0 heterocycles. The van der Waals surface area contributed by atoms with Gasteiger partial charge in [0.15, 0.2) is 0 Å². The molecule has 0 amide bonds. The van der Waals surface area contributed by atoms with Crippen molar-refractivity contribution < 1.29 is 13.9 Å². The molecule has 3 unspecified atom stereocenters. The van der Waals surface area contributed by atoms with Crippen LogP contribution in [0.25, 0.3) is 0 Å². The van der Waals surface area contributed by atoms with Crippen LogP contribution in [-0.2, 0) is 4.74 Å². The van der Waals surface area contributed by atoms with Gasteiger partial charge in [0.25, 0.3) is 0 Å². The van der Waals surface area contributed by atoms with Crippen LogP contribution in [0.3, 0.4) is 0 Å². The Balaban J connectivity index is 2.07. The Morgan fingerprint density at radius 1 is 1.44 bits per heavy atom. The lowest BCUT2D eigenvalue weighted by Gasteiger charge is -2.39. The van der Waals surface area contributed by atoms with Gasteiger partial charge < -0.3 is 9.47 Å². The fraction of sp³-hybridized carbons (Fsp3) is 0.500. The van der Waals surface area contributed by atoms with Crippen molar-refractivity contribution >= 4 is 11.6 Å². The lowest BCUT2D eigenvalue weighted by Crippen LogP contribution is -2.52. The van der Waals surface area contributed by atoms with Crippen LogP contribution in [0.4, 0.5) is 4.39 Å². The molecule has 1 saturated carbocycles. The van der Waals surface area contributed by atoms with Gasteiger partial charge in [0.2, 0.25) is 0 Å². The lowest BCUT2D eigenvalue weighted by atomic mass is 9.91. The van der Waals surface area contributed by atoms with E-state index in [-0.39, 0.29) is 23.4 Å². The van der Waals surface area contributed by atoms with Crippen LogP contribution in [-0.4, -0.2) is 24.7 Å². The van der Waals surface area contributed by atoms with Gasteiger partial charge in [-0.3, -0.25) is 0 Å². The van der Waals surface area contributed by atoms with Gasteiger partial charge in [-0.2, -0.15) is 0 Å². The molecule has 1 aliphatic rings. The average molecular weight is 245 g/mol. The SMILES string of the molecule is COC1C(Cl)CC1Oc1cc(F)ccc1C. The van der Waals surface area contributed by atoms with E-state index in [1.165, 1.54) is 12.1 Å². The summed E-state index contributed by atoms with van der Waals surface area (Å²) in [5.74, 6) is 0.270. The number of benzene rings is 1. The van der Waals surface area contributed by atoms with Crippen molar-refractivity contribution in [3.63, 3.8) is 0 Å². The molecule has 1 aromatic rings. The molecule has 0 aromatic heterocycles. The second-order valence-electron chi connectivity index (χ2n) is 4.02. The molecular weight excluding hydrogens is 231 g/mol. The molecule has 0 radical (unpaired) electrons. The summed E-state index contributed by atoms with van der Waals surface area (Å²) in [5.41, 5.74) is 0.911. The molecule has 0 bridgehead atoms. The van der Waals surface area contributed by atoms with Gasteiger partial charge in [-0.05, 0) is 18.6 Å². The van der Waals surface area contributed by atoms with E-state index in [2.05, 4.69) is 0 Å². The third-order valence-electron chi connectivity index (χ3n) is 2.88. The number of alkyl halides is 1. The third-order valence-corrected chi connectivity index (χ3v) is 3.31. The second kappa shape index (κ2) is 4.60. The molecule has 2 rings (SSSR count). The van der Waals surface area contributed by atoms with Crippen LogP contribution in [0.2, 0.25) is 0 Å². The van der Waals surface area contributed by atoms with E-state index in [4.69, 9.17) is 21.1 Å². The van der Waals surface area contributed by atoms with Crippen LogP contribution >= 0.6 is 11.6 Å². The lowest BCUT2D eigenvalue weighted by molar-refractivity contribution is -0.0586. The van der Waals surface area contributed by atoms with Gasteiger partial charge in [0.1, 0.15) is 23.8 Å². The zero-order valence-corrected chi connectivity index (χ0v) is 10.00. The summed E-state index contributed by atoms with van der Waals surface area (Å²) in [6.45, 7) is 1.88. The van der Waals surface area contributed by atoms with Crippen LogP contribution in [0.15, 0.2) is 18.2 Å². The van der Waals surface area contributed by atoms with E-state index < -0.39 is 0 Å². The molecule has 16 heavy (non-hydrogen) atoms. The van der Waals surface area contributed by atoms with Crippen LogP contribution < -0.4 is 4.74 Å². The third kappa shape index (κ3) is 2.15. The zero-order valence-electron chi connectivity index (χ0n) is 9.24. The van der Waals surface area contributed by atoms with Gasteiger partial charge in [-0.15, -0.1) is 11.6 Å². The first-order chi connectivity index (χ1) is 7.61. The Morgan fingerprint density at radius 3 is 2.81 bits per heavy atom. The molecule has 0 aliphatic heterocycles. The number of hydrogen-bond acceptors (Lipinski definition) is 2. The largest absolute Gasteiger partial charge is 0.487 e. The predicted octanol–water partition coefficient (Wildman–Crippen LogP) is 2.91. The molecule has 1 aliphatic carbocycles. The Morgan fingerprint density at radius 2 is 2.19 bits per heavy atom. The molecule has 0 N–H and O–H groups in total. The number of halogens is 2. The first kappa shape index (κ1) is 11.7. The highest BCUT2D eigenvalue weighted by Crippen LogP contribution is 2.33. The highest BCUT2D eigenvalue weighted by Gasteiger charge is 2.42. The molecule has 4 heteroatoms. The second-order valence-corrected chi connectivity index (χ2v) is 4.58. The fourth-order valence-corrected chi connectivity index (χ4v) is 2.25. The minimum Gasteiger partial charge on any atom is -0.487 e. The number of hydrogen-bond donors (Lipinski definition) is 0. The molecule has 1 aromatic carbocycles. The maximum Gasteiger partial charge on any atom is 0.128 e. The molecular formula is C12H14ClFO2. The minimum atomic E-state index is -0.295. The topological polar surface area (TPSA) is 18.5 Å². The first-order valence-corrected chi connectivity index (χ1v) is 5.65. The number of methoxy groups -OCH3 is 1. The van der Waals surface area contributed by atoms with Crippen molar-refractivity contribution in [2.24, 2.45) is 0 Å². The summed E-state index contributed by atoms with van der Waals surface area (Å²) in [7, 11) is 1.61. The fourth-order valence-electron chi connectivity index (χ4n) is 1.81. The summed E-state index contributed by atoms with van der Waals surface area (Å²) in [6.07, 6.45) is 0.549. The van der Waals surface area contributed by atoms with Crippen molar-refractivity contribution in [1.29, 1.82) is 0 Å². The van der Waals surface area contributed by atoms with E-state index in [0.29, 0.717) is 5.75 Å². The number of aryl methyl sites for hydroxylation is 1. The Bertz CT molecular complexity index is 383. The van der Waals surface area contributed by atoms with Crippen LogP contribution in [0.1, 0.15) is 12.0 Å². The molecule has 0 saturated heterocycles. The Labute approximate surface area is 99.3 Å². The zero-order chi connectivity index (χ0) is 11.7. The van der Waals surface area contributed by atoms with Crippen molar-refractivity contribution in [2.75, 3.05) is 7.11 Å². The number of ether oxygens (including phenoxy) is 2. The van der Waals surface area contributed by atoms with Gasteiger partial charge in [-0.25, -0.2) is 4.39 Å². The quantitative estimate of drug-likeness (QED) is 0.762. The Hall–Kier alpha value is -0.800. The van der Waals surface area contributed by atoms with Crippen LogP contribution in [0, 0.1) is 12.7 Å². The first-order valence-electron chi connectivity index (χ1n) is 5.21. The summed E-state index contributed by atoms with van der Waals surface area (Å²) in [5, 5.41) is -0.0103. The summed E-state index contributed by atoms with van der Waals surface area (Å²) < 4.78 is 23.9. The van der Waals surface area contributed by atoms with E-state index in [9.17, 15) is 4.39 Å². The molecule has 2 nitrogen and oxygen atoms in total. The summed E-state index contributed by atoms with van der Waals surface area (Å²) in [6, 6.07) is 4.51. The summed E-state index contributed by atoms with van der Waals surface area (Å²) in [4.78, 5) is 0. The monoisotopic (exact) mass is 244 g/mol. The Kier molecular flexibility index (Phi) is 3.36. The summed E-state index contributed by atoms with van der Waals surface area (Å²) >= 11 is 5.97. The average Bonchev–Trinajstić information content (AvgIpc) is 2.23. The maximum atomic E-state index is 13.0. The molecule has 0 spiro atoms. The number of rotatable bonds is 3. The normalized spacial score (nSPS) is 28.6. The highest BCUT2D eigenvalue weighted by molar-refractivity contribution is 6.21. The molecule has 88 valence electrons. The smallest absolute Gasteiger partial charge is 0.128 e. The van der Waals surface area contributed by atoms with E-state index in [1.54, 1.807) is 13.2 Å². The van der Waals surface area contributed by atoms with Gasteiger partial charge in [0, 0.05) is 19.6 Å². The van der Waals surface area contributed by atoms with Crippen LogP contribution in [0.5, 0.6) is 5.75 Å². The van der Waals surface area contributed by atoms with E-state index in [0.717, 1.165) is 12.0 Å². The maximum absolute atomic E-state index is 13.0. The minimum absolute atomic E-state index is 0.0103. The van der Waals surface area contributed by atoms with E-state index in [1.807, 2.05) is 6.92 Å². The van der Waals surface area contributed by atoms with Crippen molar-refractivity contribution in [3.8, 4) is 5.75 Å². The van der Waals surface area contributed by atoms with Crippen molar-refractivity contribution in [2.45, 2.75) is 30.9 Å². The van der Waals surface area contributed by atoms with E-state index >= 15 is 0 Å². The standard InChI is InChI=1S/C12H14ClFO2/c1-7-3-4-8(14)5-10(7)16-11-6-9(13)12(11)15-2/h3-5,9,11-12H,6H2,1-2H3. The van der Waals surface area contributed by atoms with Gasteiger partial charge >= 0.3 is 0 Å². The van der Waals surface area contributed by atoms with Crippen molar-refractivity contribution in [3.05, 3.63) is 29.6 Å². The highest BCUT2D eigenvalue weighted by atomic mass is 35.5. The molecule has 3 atom stereocenters. The van der Waals surface area contributed by atoms with Gasteiger partial charge in [0.05, 0.1) is 5.38 Å². The van der Waals surface area contributed by atoms with Gasteiger partial charge in [-0.1, -0.05) is 6.07 Å².